The zero-order valence-corrected chi connectivity index (χ0v) is 15.6. The maximum absolute atomic E-state index is 11.0. The fourth-order valence-electron chi connectivity index (χ4n) is 3.74. The lowest BCUT2D eigenvalue weighted by Crippen LogP contribution is -2.13. The van der Waals surface area contributed by atoms with Gasteiger partial charge in [0, 0.05) is 6.61 Å². The molecule has 0 saturated carbocycles. The Hall–Kier alpha value is -2.33. The van der Waals surface area contributed by atoms with Crippen LogP contribution in [-0.2, 0) is 14.9 Å². The van der Waals surface area contributed by atoms with Crippen LogP contribution < -0.4 is 4.74 Å². The van der Waals surface area contributed by atoms with E-state index in [1.54, 1.807) is 0 Å². The fraction of sp³-hybridized carbons (Fsp3) is 0.409. The highest BCUT2D eigenvalue weighted by Crippen LogP contribution is 2.46. The molecule has 0 saturated heterocycles. The number of carboxylic acid groups (broad SMARTS) is 1. The number of rotatable bonds is 7. The van der Waals surface area contributed by atoms with Gasteiger partial charge in [-0.25, -0.2) is 0 Å². The molecule has 0 spiro atoms. The van der Waals surface area contributed by atoms with Crippen molar-refractivity contribution < 1.29 is 19.4 Å². The molecule has 2 atom stereocenters. The summed E-state index contributed by atoms with van der Waals surface area (Å²) in [5.41, 5.74) is 3.55. The minimum Gasteiger partial charge on any atom is -0.486 e. The van der Waals surface area contributed by atoms with Crippen LogP contribution in [0.4, 0.5) is 0 Å². The molecule has 2 aromatic carbocycles. The highest BCUT2D eigenvalue weighted by Gasteiger charge is 2.37. The smallest absolute Gasteiger partial charge is 0.306 e. The Bertz CT molecular complexity index is 764. The molecule has 0 bridgehead atoms. The van der Waals surface area contributed by atoms with Gasteiger partial charge in [-0.15, -0.1) is 0 Å². The van der Waals surface area contributed by atoms with Crippen molar-refractivity contribution in [2.24, 2.45) is 0 Å². The molecular formula is C22H26O4. The zero-order chi connectivity index (χ0) is 18.7. The molecule has 138 valence electrons. The van der Waals surface area contributed by atoms with Crippen molar-refractivity contribution in [2.45, 2.75) is 51.2 Å². The maximum Gasteiger partial charge on any atom is 0.306 e. The van der Waals surface area contributed by atoms with E-state index in [1.165, 1.54) is 11.1 Å². The van der Waals surface area contributed by atoms with Gasteiger partial charge in [-0.1, -0.05) is 50.2 Å². The lowest BCUT2D eigenvalue weighted by atomic mass is 9.87. The molecule has 0 aliphatic heterocycles. The largest absolute Gasteiger partial charge is 0.486 e. The van der Waals surface area contributed by atoms with Crippen LogP contribution in [0.25, 0.3) is 0 Å². The molecule has 1 N–H and O–H groups in total. The first-order chi connectivity index (χ1) is 12.4. The summed E-state index contributed by atoms with van der Waals surface area (Å²) in [7, 11) is 0. The van der Waals surface area contributed by atoms with Gasteiger partial charge in [0.1, 0.15) is 11.9 Å². The van der Waals surface area contributed by atoms with Gasteiger partial charge in [0.2, 0.25) is 0 Å². The predicted octanol–water partition coefficient (Wildman–Crippen LogP) is 5.04. The molecule has 0 heterocycles. The van der Waals surface area contributed by atoms with Crippen molar-refractivity contribution in [3.63, 3.8) is 0 Å². The summed E-state index contributed by atoms with van der Waals surface area (Å²) >= 11 is 0. The van der Waals surface area contributed by atoms with Crippen LogP contribution in [0.5, 0.6) is 5.75 Å². The van der Waals surface area contributed by atoms with Gasteiger partial charge in [-0.3, -0.25) is 4.79 Å². The average Bonchev–Trinajstić information content (AvgIpc) is 2.86. The van der Waals surface area contributed by atoms with E-state index in [4.69, 9.17) is 14.6 Å². The molecular weight excluding hydrogens is 328 g/mol. The number of aliphatic carboxylic acids is 1. The van der Waals surface area contributed by atoms with Crippen molar-refractivity contribution in [1.82, 2.24) is 0 Å². The summed E-state index contributed by atoms with van der Waals surface area (Å²) in [5.74, 6) is -0.0783. The Morgan fingerprint density at radius 2 is 1.88 bits per heavy atom. The van der Waals surface area contributed by atoms with Crippen LogP contribution in [0.3, 0.4) is 0 Å². The molecule has 0 radical (unpaired) electrons. The number of hydrogen-bond donors (Lipinski definition) is 1. The van der Waals surface area contributed by atoms with Crippen LogP contribution in [0.15, 0.2) is 48.5 Å². The van der Waals surface area contributed by atoms with Crippen molar-refractivity contribution in [3.05, 3.63) is 65.2 Å². The summed E-state index contributed by atoms with van der Waals surface area (Å²) in [6.07, 6.45) is 0.499. The number of fused-ring (bicyclic) bond motifs is 1. The highest BCUT2D eigenvalue weighted by atomic mass is 16.5. The molecule has 4 heteroatoms. The third kappa shape index (κ3) is 3.91. The number of hydrogen-bond acceptors (Lipinski definition) is 3. The quantitative estimate of drug-likeness (QED) is 0.757. The van der Waals surface area contributed by atoms with E-state index in [1.807, 2.05) is 31.2 Å². The molecule has 0 fully saturated rings. The summed E-state index contributed by atoms with van der Waals surface area (Å²) in [6, 6.07) is 16.0. The van der Waals surface area contributed by atoms with Gasteiger partial charge >= 0.3 is 5.97 Å². The summed E-state index contributed by atoms with van der Waals surface area (Å²) in [4.78, 5) is 11.0. The molecule has 3 rings (SSSR count). The Kier molecular flexibility index (Phi) is 5.33. The normalized spacial score (nSPS) is 19.0. The molecule has 1 aliphatic carbocycles. The van der Waals surface area contributed by atoms with Crippen LogP contribution in [0.1, 0.15) is 62.5 Å². The van der Waals surface area contributed by atoms with E-state index in [0.29, 0.717) is 6.61 Å². The summed E-state index contributed by atoms with van der Waals surface area (Å²) in [6.45, 7) is 6.84. The molecule has 4 nitrogen and oxygen atoms in total. The molecule has 2 aromatic rings. The SMILES string of the molecule is CCO[C@@H](CC(=O)O)c1ccc(OC2CC(C)(C)c3ccccc32)cc1. The van der Waals surface area contributed by atoms with Crippen LogP contribution >= 0.6 is 0 Å². The number of benzene rings is 2. The predicted molar refractivity (Wildman–Crippen MR) is 101 cm³/mol. The van der Waals surface area contributed by atoms with E-state index in [0.717, 1.165) is 17.7 Å². The average molecular weight is 354 g/mol. The van der Waals surface area contributed by atoms with E-state index in [-0.39, 0.29) is 17.9 Å². The summed E-state index contributed by atoms with van der Waals surface area (Å²) < 4.78 is 11.8. The van der Waals surface area contributed by atoms with Gasteiger partial charge in [-0.05, 0) is 47.6 Å². The zero-order valence-electron chi connectivity index (χ0n) is 15.6. The number of ether oxygens (including phenoxy) is 2. The van der Waals surface area contributed by atoms with E-state index in [2.05, 4.69) is 38.1 Å². The van der Waals surface area contributed by atoms with Crippen LogP contribution in [0, 0.1) is 0 Å². The van der Waals surface area contributed by atoms with Crippen LogP contribution in [-0.4, -0.2) is 17.7 Å². The molecule has 0 amide bonds. The minimum atomic E-state index is -0.867. The van der Waals surface area contributed by atoms with Crippen molar-refractivity contribution in [2.75, 3.05) is 6.61 Å². The first kappa shape index (κ1) is 18.5. The second-order valence-electron chi connectivity index (χ2n) is 7.39. The second-order valence-corrected chi connectivity index (χ2v) is 7.39. The standard InChI is InChI=1S/C22H26O4/c1-4-25-19(13-21(23)24)15-9-11-16(12-10-15)26-20-14-22(2,3)18-8-6-5-7-17(18)20/h5-12,19-20H,4,13-14H2,1-3H3,(H,23,24)/t19-,20?/m0/s1. The summed E-state index contributed by atoms with van der Waals surface area (Å²) in [5, 5.41) is 9.05. The van der Waals surface area contributed by atoms with E-state index >= 15 is 0 Å². The first-order valence-electron chi connectivity index (χ1n) is 9.10. The monoisotopic (exact) mass is 354 g/mol. The molecule has 26 heavy (non-hydrogen) atoms. The van der Waals surface area contributed by atoms with Crippen molar-refractivity contribution in [1.29, 1.82) is 0 Å². The molecule has 0 aromatic heterocycles. The second kappa shape index (κ2) is 7.50. The van der Waals surface area contributed by atoms with Gasteiger partial charge in [-0.2, -0.15) is 0 Å². The topological polar surface area (TPSA) is 55.8 Å². The number of carbonyl (C=O) groups is 1. The third-order valence-electron chi connectivity index (χ3n) is 4.99. The Balaban J connectivity index is 1.75. The molecule has 1 unspecified atom stereocenters. The van der Waals surface area contributed by atoms with Gasteiger partial charge in [0.05, 0.1) is 12.5 Å². The lowest BCUT2D eigenvalue weighted by Gasteiger charge is -2.20. The van der Waals surface area contributed by atoms with E-state index < -0.39 is 12.1 Å². The Morgan fingerprint density at radius 3 is 2.54 bits per heavy atom. The van der Waals surface area contributed by atoms with Crippen molar-refractivity contribution in [3.8, 4) is 5.75 Å². The first-order valence-corrected chi connectivity index (χ1v) is 9.10. The Labute approximate surface area is 154 Å². The minimum absolute atomic E-state index is 0.0359. The highest BCUT2D eigenvalue weighted by molar-refractivity contribution is 5.67. The maximum atomic E-state index is 11.0. The fourth-order valence-corrected chi connectivity index (χ4v) is 3.74. The van der Waals surface area contributed by atoms with Gasteiger partial charge in [0.25, 0.3) is 0 Å². The molecule has 1 aliphatic rings. The van der Waals surface area contributed by atoms with Crippen LogP contribution in [0.2, 0.25) is 0 Å². The van der Waals surface area contributed by atoms with Gasteiger partial charge in [0.15, 0.2) is 0 Å². The van der Waals surface area contributed by atoms with E-state index in [9.17, 15) is 4.79 Å². The van der Waals surface area contributed by atoms with Crippen molar-refractivity contribution >= 4 is 5.97 Å². The number of carboxylic acids is 1. The Morgan fingerprint density at radius 1 is 1.19 bits per heavy atom. The van der Waals surface area contributed by atoms with Gasteiger partial charge < -0.3 is 14.6 Å². The lowest BCUT2D eigenvalue weighted by molar-refractivity contribution is -0.140. The third-order valence-corrected chi connectivity index (χ3v) is 4.99.